The molecule has 28 heavy (non-hydrogen) atoms. The summed E-state index contributed by atoms with van der Waals surface area (Å²) in [5.74, 6) is -0.295. The van der Waals surface area contributed by atoms with Gasteiger partial charge in [0, 0.05) is 15.4 Å². The van der Waals surface area contributed by atoms with Crippen LogP contribution in [0.2, 0.25) is 0 Å². The fourth-order valence-corrected chi connectivity index (χ4v) is 3.42. The Morgan fingerprint density at radius 1 is 1.14 bits per heavy atom. The molecule has 2 aromatic heterocycles. The van der Waals surface area contributed by atoms with Crippen molar-refractivity contribution < 1.29 is 4.39 Å². The van der Waals surface area contributed by atoms with Gasteiger partial charge in [-0.25, -0.2) is 19.0 Å². The average molecular weight is 457 g/mol. The molecule has 9 heteroatoms. The van der Waals surface area contributed by atoms with Crippen molar-refractivity contribution in [3.8, 4) is 11.3 Å². The molecule has 140 valence electrons. The predicted octanol–water partition coefficient (Wildman–Crippen LogP) is 4.82. The number of hydrazone groups is 1. The third-order valence-corrected chi connectivity index (χ3v) is 5.16. The molecule has 0 unspecified atom stereocenters. The second kappa shape index (κ2) is 8.41. The van der Waals surface area contributed by atoms with Crippen LogP contribution < -0.4 is 5.43 Å². The van der Waals surface area contributed by atoms with Crippen LogP contribution in [0.1, 0.15) is 5.56 Å². The summed E-state index contributed by atoms with van der Waals surface area (Å²) in [5.41, 5.74) is 6.37. The molecule has 0 aliphatic heterocycles. The normalized spacial score (nSPS) is 11.6. The van der Waals surface area contributed by atoms with Crippen LogP contribution in [-0.4, -0.2) is 25.5 Å². The van der Waals surface area contributed by atoms with E-state index in [1.54, 1.807) is 23.1 Å². The fourth-order valence-electron chi connectivity index (χ4n) is 2.49. The van der Waals surface area contributed by atoms with Gasteiger partial charge in [0.05, 0.1) is 18.0 Å². The summed E-state index contributed by atoms with van der Waals surface area (Å²) in [6.45, 7) is 0.392. The molecule has 2 aromatic carbocycles. The summed E-state index contributed by atoms with van der Waals surface area (Å²) in [6, 6.07) is 14.1. The zero-order valence-corrected chi connectivity index (χ0v) is 16.9. The largest absolute Gasteiger partial charge is 0.252 e. The Labute approximate surface area is 172 Å². The van der Waals surface area contributed by atoms with Crippen LogP contribution in [0.3, 0.4) is 0 Å². The van der Waals surface area contributed by atoms with Crippen LogP contribution in [0.15, 0.2) is 76.1 Å². The molecule has 0 radical (unpaired) electrons. The van der Waals surface area contributed by atoms with Crippen molar-refractivity contribution in [2.75, 3.05) is 5.43 Å². The molecule has 1 N–H and O–H groups in total. The smallest absolute Gasteiger partial charge is 0.203 e. The zero-order chi connectivity index (χ0) is 19.3. The molecule has 0 bridgehead atoms. The molecule has 4 aromatic rings. The number of nitrogens with zero attached hydrogens (tertiary/aromatic N) is 5. The van der Waals surface area contributed by atoms with E-state index in [4.69, 9.17) is 0 Å². The number of hydrogen-bond acceptors (Lipinski definition) is 6. The molecule has 0 amide bonds. The number of rotatable bonds is 6. The van der Waals surface area contributed by atoms with Crippen LogP contribution in [0, 0.1) is 5.82 Å². The molecule has 6 nitrogen and oxygen atoms in total. The van der Waals surface area contributed by atoms with Crippen molar-refractivity contribution in [1.29, 1.82) is 0 Å². The molecule has 0 spiro atoms. The van der Waals surface area contributed by atoms with Crippen LogP contribution in [0.4, 0.5) is 9.52 Å². The van der Waals surface area contributed by atoms with Crippen molar-refractivity contribution in [1.82, 2.24) is 19.7 Å². The van der Waals surface area contributed by atoms with E-state index in [1.165, 1.54) is 29.8 Å². The Morgan fingerprint density at radius 3 is 2.64 bits per heavy atom. The van der Waals surface area contributed by atoms with Crippen molar-refractivity contribution in [2.45, 2.75) is 6.54 Å². The minimum Gasteiger partial charge on any atom is -0.252 e. The minimum absolute atomic E-state index is 0.295. The molecule has 0 atom stereocenters. The van der Waals surface area contributed by atoms with E-state index in [9.17, 15) is 4.39 Å². The van der Waals surface area contributed by atoms with Gasteiger partial charge < -0.3 is 0 Å². The highest BCUT2D eigenvalue weighted by molar-refractivity contribution is 9.10. The lowest BCUT2D eigenvalue weighted by Gasteiger charge is -2.07. The Balaban J connectivity index is 1.56. The summed E-state index contributed by atoms with van der Waals surface area (Å²) in [4.78, 5) is 8.52. The number of nitrogens with one attached hydrogen (secondary N) is 1. The van der Waals surface area contributed by atoms with Gasteiger partial charge in [-0.1, -0.05) is 40.2 Å². The van der Waals surface area contributed by atoms with E-state index in [1.807, 2.05) is 29.6 Å². The second-order valence-electron chi connectivity index (χ2n) is 5.82. The fraction of sp³-hybridized carbons (Fsp3) is 0.0526. The highest BCUT2D eigenvalue weighted by Gasteiger charge is 2.08. The monoisotopic (exact) mass is 456 g/mol. The first kappa shape index (κ1) is 18.5. The SMILES string of the molecule is Fc1ccc(/C(Cn2cncn2)=N\Nc2nc(-c3ccc(Br)cc3)cs2)cc1. The third kappa shape index (κ3) is 4.49. The summed E-state index contributed by atoms with van der Waals surface area (Å²) >= 11 is 4.89. The van der Waals surface area contributed by atoms with E-state index in [0.717, 1.165) is 21.3 Å². The van der Waals surface area contributed by atoms with E-state index < -0.39 is 0 Å². The van der Waals surface area contributed by atoms with Crippen molar-refractivity contribution in [3.63, 3.8) is 0 Å². The van der Waals surface area contributed by atoms with Gasteiger partial charge in [-0.3, -0.25) is 5.43 Å². The van der Waals surface area contributed by atoms with Crippen molar-refractivity contribution in [2.24, 2.45) is 5.10 Å². The first-order valence-electron chi connectivity index (χ1n) is 8.30. The number of hydrogen-bond donors (Lipinski definition) is 1. The Bertz CT molecular complexity index is 1070. The zero-order valence-electron chi connectivity index (χ0n) is 14.5. The lowest BCUT2D eigenvalue weighted by molar-refractivity contribution is 0.627. The molecule has 0 saturated carbocycles. The summed E-state index contributed by atoms with van der Waals surface area (Å²) in [6.07, 6.45) is 3.06. The highest BCUT2D eigenvalue weighted by Crippen LogP contribution is 2.26. The van der Waals surface area contributed by atoms with Crippen molar-refractivity contribution >= 4 is 38.1 Å². The summed E-state index contributed by atoms with van der Waals surface area (Å²) < 4.78 is 15.9. The molecule has 0 aliphatic rings. The van der Waals surface area contributed by atoms with Gasteiger partial charge in [-0.05, 0) is 29.8 Å². The number of halogens is 2. The molecule has 0 saturated heterocycles. The third-order valence-electron chi connectivity index (χ3n) is 3.89. The number of benzene rings is 2. The van der Waals surface area contributed by atoms with Crippen LogP contribution in [0.25, 0.3) is 11.3 Å². The maximum absolute atomic E-state index is 13.3. The molecular formula is C19H14BrFN6S. The molecule has 0 aliphatic carbocycles. The van der Waals surface area contributed by atoms with Gasteiger partial charge >= 0.3 is 0 Å². The van der Waals surface area contributed by atoms with Gasteiger partial charge in [0.1, 0.15) is 18.5 Å². The number of anilines is 1. The first-order chi connectivity index (χ1) is 13.7. The Hall–Kier alpha value is -2.91. The molecule has 0 fully saturated rings. The molecular weight excluding hydrogens is 443 g/mol. The van der Waals surface area contributed by atoms with Crippen LogP contribution in [0.5, 0.6) is 0 Å². The Morgan fingerprint density at radius 2 is 1.93 bits per heavy atom. The van der Waals surface area contributed by atoms with Gasteiger partial charge in [0.25, 0.3) is 0 Å². The lowest BCUT2D eigenvalue weighted by atomic mass is 10.1. The molecule has 4 rings (SSSR count). The van der Waals surface area contributed by atoms with Crippen LogP contribution >= 0.6 is 27.3 Å². The number of thiazole rings is 1. The predicted molar refractivity (Wildman–Crippen MR) is 112 cm³/mol. The van der Waals surface area contributed by atoms with E-state index in [0.29, 0.717) is 17.4 Å². The highest BCUT2D eigenvalue weighted by atomic mass is 79.9. The van der Waals surface area contributed by atoms with Gasteiger partial charge in [-0.2, -0.15) is 10.2 Å². The Kier molecular flexibility index (Phi) is 5.54. The van der Waals surface area contributed by atoms with Crippen molar-refractivity contribution in [3.05, 3.63) is 82.4 Å². The van der Waals surface area contributed by atoms with Gasteiger partial charge in [0.15, 0.2) is 0 Å². The topological polar surface area (TPSA) is 68.0 Å². The van der Waals surface area contributed by atoms with Gasteiger partial charge in [0.2, 0.25) is 5.13 Å². The van der Waals surface area contributed by atoms with E-state index in [2.05, 4.69) is 41.5 Å². The maximum Gasteiger partial charge on any atom is 0.203 e. The standard InChI is InChI=1S/C19H14BrFN6S/c20-15-5-1-14(2-6-15)18-10-28-19(24-18)26-25-17(9-27-12-22-11-23-27)13-3-7-16(21)8-4-13/h1-8,10-12H,9H2,(H,24,26)/b25-17-. The first-order valence-corrected chi connectivity index (χ1v) is 9.97. The summed E-state index contributed by atoms with van der Waals surface area (Å²) in [7, 11) is 0. The van der Waals surface area contributed by atoms with E-state index >= 15 is 0 Å². The summed E-state index contributed by atoms with van der Waals surface area (Å²) in [5, 5.41) is 11.2. The maximum atomic E-state index is 13.3. The quantitative estimate of drug-likeness (QED) is 0.333. The minimum atomic E-state index is -0.295. The average Bonchev–Trinajstić information content (AvgIpc) is 3.38. The van der Waals surface area contributed by atoms with Crippen LogP contribution in [-0.2, 0) is 6.54 Å². The lowest BCUT2D eigenvalue weighted by Crippen LogP contribution is -2.14. The van der Waals surface area contributed by atoms with E-state index in [-0.39, 0.29) is 5.82 Å². The second-order valence-corrected chi connectivity index (χ2v) is 7.59. The number of aromatic nitrogens is 4. The van der Waals surface area contributed by atoms with Gasteiger partial charge in [-0.15, -0.1) is 11.3 Å². The molecule has 2 heterocycles.